The molecule has 0 saturated carbocycles. The van der Waals surface area contributed by atoms with Gasteiger partial charge < -0.3 is 4.84 Å². The van der Waals surface area contributed by atoms with Gasteiger partial charge in [0.25, 0.3) is 0 Å². The lowest BCUT2D eigenvalue weighted by Gasteiger charge is -1.98. The van der Waals surface area contributed by atoms with Crippen molar-refractivity contribution in [1.29, 1.82) is 0 Å². The number of rotatable bonds is 3. The van der Waals surface area contributed by atoms with E-state index in [0.29, 0.717) is 11.3 Å². The van der Waals surface area contributed by atoms with Gasteiger partial charge in [0.2, 0.25) is 0 Å². The van der Waals surface area contributed by atoms with Crippen molar-refractivity contribution in [2.24, 2.45) is 5.16 Å². The van der Waals surface area contributed by atoms with Gasteiger partial charge in [0, 0.05) is 5.56 Å². The van der Waals surface area contributed by atoms with Crippen molar-refractivity contribution in [3.05, 3.63) is 89.5 Å². The van der Waals surface area contributed by atoms with Crippen LogP contribution in [0.15, 0.2) is 83.5 Å². The average molecular weight is 275 g/mol. The van der Waals surface area contributed by atoms with E-state index < -0.39 is 5.97 Å². The summed E-state index contributed by atoms with van der Waals surface area (Å²) < 4.78 is 0. The molecule has 0 unspecified atom stereocenters. The summed E-state index contributed by atoms with van der Waals surface area (Å²) in [5.41, 5.74) is 2.97. The van der Waals surface area contributed by atoms with Crippen molar-refractivity contribution in [2.75, 3.05) is 0 Å². The Kier molecular flexibility index (Phi) is 3.74. The molecule has 0 amide bonds. The van der Waals surface area contributed by atoms with Gasteiger partial charge in [0.05, 0.1) is 5.57 Å². The van der Waals surface area contributed by atoms with Crippen LogP contribution in [-0.4, -0.2) is 11.7 Å². The van der Waals surface area contributed by atoms with Crippen LogP contribution in [0.2, 0.25) is 0 Å². The van der Waals surface area contributed by atoms with E-state index in [1.165, 1.54) is 0 Å². The number of benzene rings is 2. The van der Waals surface area contributed by atoms with Crippen molar-refractivity contribution in [3.8, 4) is 0 Å². The van der Waals surface area contributed by atoms with Gasteiger partial charge in [-0.15, -0.1) is 0 Å². The summed E-state index contributed by atoms with van der Waals surface area (Å²) in [5.74, 6) is -0.424. The second kappa shape index (κ2) is 6.01. The van der Waals surface area contributed by atoms with E-state index in [-0.39, 0.29) is 0 Å². The van der Waals surface area contributed by atoms with E-state index in [9.17, 15) is 4.79 Å². The number of allylic oxidation sites excluding steroid dienone is 2. The molecule has 102 valence electrons. The number of hydrogen-bond acceptors (Lipinski definition) is 3. The summed E-state index contributed by atoms with van der Waals surface area (Å²) in [6.45, 7) is 0. The Morgan fingerprint density at radius 3 is 2.29 bits per heavy atom. The second-order valence-corrected chi connectivity index (χ2v) is 4.53. The second-order valence-electron chi connectivity index (χ2n) is 4.53. The molecule has 0 aliphatic carbocycles. The zero-order valence-electron chi connectivity index (χ0n) is 11.3. The normalized spacial score (nSPS) is 16.3. The van der Waals surface area contributed by atoms with Crippen molar-refractivity contribution in [3.63, 3.8) is 0 Å². The Balaban J connectivity index is 1.86. The SMILES string of the molecule is O=C1ON=C(c2ccccc2)/C1=C\C=C\c1ccccc1. The zero-order valence-corrected chi connectivity index (χ0v) is 11.3. The molecule has 3 heteroatoms. The lowest BCUT2D eigenvalue weighted by Crippen LogP contribution is -2.06. The van der Waals surface area contributed by atoms with Crippen LogP contribution in [-0.2, 0) is 9.63 Å². The van der Waals surface area contributed by atoms with Gasteiger partial charge in [-0.1, -0.05) is 78.0 Å². The Morgan fingerprint density at radius 2 is 1.57 bits per heavy atom. The molecule has 3 rings (SSSR count). The van der Waals surface area contributed by atoms with Gasteiger partial charge in [-0.2, -0.15) is 0 Å². The molecule has 21 heavy (non-hydrogen) atoms. The van der Waals surface area contributed by atoms with Crippen LogP contribution in [0, 0.1) is 0 Å². The van der Waals surface area contributed by atoms with E-state index in [1.54, 1.807) is 6.08 Å². The topological polar surface area (TPSA) is 38.7 Å². The van der Waals surface area contributed by atoms with Gasteiger partial charge in [-0.3, -0.25) is 0 Å². The summed E-state index contributed by atoms with van der Waals surface area (Å²) in [5, 5.41) is 3.86. The van der Waals surface area contributed by atoms with E-state index in [1.807, 2.05) is 72.8 Å². The third-order valence-electron chi connectivity index (χ3n) is 3.09. The molecule has 0 radical (unpaired) electrons. The molecule has 0 aromatic heterocycles. The van der Waals surface area contributed by atoms with E-state index in [2.05, 4.69) is 5.16 Å². The largest absolute Gasteiger partial charge is 0.368 e. The molecule has 2 aromatic carbocycles. The first-order valence-corrected chi connectivity index (χ1v) is 6.63. The molecule has 0 atom stereocenters. The smallest absolute Gasteiger partial charge is 0.312 e. The van der Waals surface area contributed by atoms with Crippen LogP contribution in [0.3, 0.4) is 0 Å². The van der Waals surface area contributed by atoms with Crippen molar-refractivity contribution >= 4 is 17.8 Å². The fourth-order valence-corrected chi connectivity index (χ4v) is 2.05. The highest BCUT2D eigenvalue weighted by atomic mass is 16.7. The number of oxime groups is 1. The highest BCUT2D eigenvalue weighted by molar-refractivity contribution is 6.29. The van der Waals surface area contributed by atoms with Crippen LogP contribution >= 0.6 is 0 Å². The molecular formula is C18H13NO2. The van der Waals surface area contributed by atoms with Crippen LogP contribution < -0.4 is 0 Å². The summed E-state index contributed by atoms with van der Waals surface area (Å²) in [7, 11) is 0. The monoisotopic (exact) mass is 275 g/mol. The lowest BCUT2D eigenvalue weighted by molar-refractivity contribution is -0.136. The number of carbonyl (C=O) groups excluding carboxylic acids is 1. The van der Waals surface area contributed by atoms with Gasteiger partial charge in [-0.05, 0) is 11.6 Å². The molecule has 0 N–H and O–H groups in total. The van der Waals surface area contributed by atoms with Crippen LogP contribution in [0.25, 0.3) is 6.08 Å². The highest BCUT2D eigenvalue weighted by Gasteiger charge is 2.25. The first-order valence-electron chi connectivity index (χ1n) is 6.63. The maximum absolute atomic E-state index is 11.8. The quantitative estimate of drug-likeness (QED) is 0.634. The van der Waals surface area contributed by atoms with Crippen LogP contribution in [0.1, 0.15) is 11.1 Å². The van der Waals surface area contributed by atoms with Gasteiger partial charge in [0.15, 0.2) is 0 Å². The van der Waals surface area contributed by atoms with Crippen molar-refractivity contribution in [2.45, 2.75) is 0 Å². The fourth-order valence-electron chi connectivity index (χ4n) is 2.05. The minimum atomic E-state index is -0.424. The Hall–Kier alpha value is -2.94. The summed E-state index contributed by atoms with van der Waals surface area (Å²) in [6, 6.07) is 19.4. The first-order chi connectivity index (χ1) is 10.3. The molecule has 2 aromatic rings. The Morgan fingerprint density at radius 1 is 0.905 bits per heavy atom. The molecule has 0 saturated heterocycles. The molecule has 0 spiro atoms. The number of hydrogen-bond donors (Lipinski definition) is 0. The predicted molar refractivity (Wildman–Crippen MR) is 82.6 cm³/mol. The minimum Gasteiger partial charge on any atom is -0.312 e. The number of carbonyl (C=O) groups is 1. The molecule has 0 fully saturated rings. The minimum absolute atomic E-state index is 0.424. The highest BCUT2D eigenvalue weighted by Crippen LogP contribution is 2.18. The lowest BCUT2D eigenvalue weighted by atomic mass is 10.0. The van der Waals surface area contributed by atoms with Crippen molar-refractivity contribution < 1.29 is 9.63 Å². The van der Waals surface area contributed by atoms with E-state index in [4.69, 9.17) is 4.84 Å². The Labute approximate surface area is 122 Å². The standard InChI is InChI=1S/C18H13NO2/c20-18-16(13-7-10-14-8-3-1-4-9-14)17(19-21-18)15-11-5-2-6-12-15/h1-13H/b10-7+,16-13+. The van der Waals surface area contributed by atoms with E-state index >= 15 is 0 Å². The Bertz CT molecular complexity index is 728. The molecule has 1 aliphatic rings. The summed E-state index contributed by atoms with van der Waals surface area (Å²) in [4.78, 5) is 16.5. The van der Waals surface area contributed by atoms with Gasteiger partial charge >= 0.3 is 5.97 Å². The molecular weight excluding hydrogens is 262 g/mol. The number of nitrogens with zero attached hydrogens (tertiary/aromatic N) is 1. The molecule has 3 nitrogen and oxygen atoms in total. The van der Waals surface area contributed by atoms with Crippen LogP contribution in [0.5, 0.6) is 0 Å². The summed E-state index contributed by atoms with van der Waals surface area (Å²) >= 11 is 0. The third kappa shape index (κ3) is 2.98. The fraction of sp³-hybridized carbons (Fsp3) is 0. The zero-order chi connectivity index (χ0) is 14.5. The maximum atomic E-state index is 11.8. The van der Waals surface area contributed by atoms with E-state index in [0.717, 1.165) is 11.1 Å². The molecule has 0 bridgehead atoms. The van der Waals surface area contributed by atoms with Gasteiger partial charge in [-0.25, -0.2) is 4.79 Å². The first kappa shape index (κ1) is 13.1. The summed E-state index contributed by atoms with van der Waals surface area (Å²) in [6.07, 6.45) is 5.49. The van der Waals surface area contributed by atoms with Crippen LogP contribution in [0.4, 0.5) is 0 Å². The predicted octanol–water partition coefficient (Wildman–Crippen LogP) is 3.59. The molecule has 1 aliphatic heterocycles. The van der Waals surface area contributed by atoms with Gasteiger partial charge in [0.1, 0.15) is 5.71 Å². The van der Waals surface area contributed by atoms with Crippen molar-refractivity contribution in [1.82, 2.24) is 0 Å². The average Bonchev–Trinajstić information content (AvgIpc) is 2.91. The third-order valence-corrected chi connectivity index (χ3v) is 3.09. The molecule has 1 heterocycles. The maximum Gasteiger partial charge on any atom is 0.368 e.